The Bertz CT molecular complexity index is 417. The fraction of sp³-hybridized carbons (Fsp3) is 0.533. The van der Waals surface area contributed by atoms with Crippen molar-refractivity contribution < 1.29 is 4.79 Å². The standard InChI is InChI=1S/C15H21NO/c1-14(2,3)11-4-6-12(7-5-11)15(10-16)8-13(17)9-15/h4-7H,8-10,16H2,1-3H3. The lowest BCUT2D eigenvalue weighted by molar-refractivity contribution is -0.128. The van der Waals surface area contributed by atoms with E-state index in [-0.39, 0.29) is 10.8 Å². The van der Waals surface area contributed by atoms with Gasteiger partial charge < -0.3 is 5.73 Å². The number of ketones is 1. The summed E-state index contributed by atoms with van der Waals surface area (Å²) in [7, 11) is 0. The molecule has 0 heterocycles. The number of hydrogen-bond acceptors (Lipinski definition) is 2. The highest BCUT2D eigenvalue weighted by atomic mass is 16.1. The molecule has 0 bridgehead atoms. The maximum Gasteiger partial charge on any atom is 0.134 e. The Hall–Kier alpha value is -1.15. The van der Waals surface area contributed by atoms with Crippen LogP contribution >= 0.6 is 0 Å². The summed E-state index contributed by atoms with van der Waals surface area (Å²) in [5, 5.41) is 0. The van der Waals surface area contributed by atoms with Crippen molar-refractivity contribution in [1.82, 2.24) is 0 Å². The highest BCUT2D eigenvalue weighted by Crippen LogP contribution is 2.40. The van der Waals surface area contributed by atoms with E-state index < -0.39 is 0 Å². The number of carbonyl (C=O) groups excluding carboxylic acids is 1. The zero-order valence-electron chi connectivity index (χ0n) is 10.9. The Morgan fingerprint density at radius 3 is 2.06 bits per heavy atom. The normalized spacial score (nSPS) is 18.9. The second kappa shape index (κ2) is 3.95. The Kier molecular flexibility index (Phi) is 2.86. The molecule has 0 unspecified atom stereocenters. The third-order valence-corrected chi connectivity index (χ3v) is 3.83. The first-order chi connectivity index (χ1) is 7.87. The molecule has 1 fully saturated rings. The third-order valence-electron chi connectivity index (χ3n) is 3.83. The summed E-state index contributed by atoms with van der Waals surface area (Å²) in [5.74, 6) is 0.329. The van der Waals surface area contributed by atoms with Crippen molar-refractivity contribution in [2.45, 2.75) is 44.4 Å². The average molecular weight is 231 g/mol. The molecule has 2 nitrogen and oxygen atoms in total. The molecule has 2 rings (SSSR count). The summed E-state index contributed by atoms with van der Waals surface area (Å²) in [6.45, 7) is 7.17. The predicted molar refractivity (Wildman–Crippen MR) is 70.1 cm³/mol. The van der Waals surface area contributed by atoms with Gasteiger partial charge in [0.2, 0.25) is 0 Å². The number of rotatable bonds is 2. The van der Waals surface area contributed by atoms with Crippen molar-refractivity contribution in [2.24, 2.45) is 5.73 Å². The molecular weight excluding hydrogens is 210 g/mol. The first-order valence-electron chi connectivity index (χ1n) is 6.20. The van der Waals surface area contributed by atoms with Gasteiger partial charge in [0.25, 0.3) is 0 Å². The maximum absolute atomic E-state index is 11.2. The van der Waals surface area contributed by atoms with Gasteiger partial charge >= 0.3 is 0 Å². The van der Waals surface area contributed by atoms with Crippen molar-refractivity contribution in [1.29, 1.82) is 0 Å². The largest absolute Gasteiger partial charge is 0.330 e. The summed E-state index contributed by atoms with van der Waals surface area (Å²) >= 11 is 0. The molecule has 1 aliphatic rings. The molecule has 0 aromatic heterocycles. The molecule has 1 aliphatic carbocycles. The van der Waals surface area contributed by atoms with Crippen molar-refractivity contribution in [3.63, 3.8) is 0 Å². The summed E-state index contributed by atoms with van der Waals surface area (Å²) in [4.78, 5) is 11.2. The Balaban J connectivity index is 2.27. The molecule has 1 aromatic rings. The van der Waals surface area contributed by atoms with Crippen molar-refractivity contribution >= 4 is 5.78 Å². The van der Waals surface area contributed by atoms with Crippen LogP contribution in [-0.2, 0) is 15.6 Å². The molecule has 0 atom stereocenters. The van der Waals surface area contributed by atoms with Gasteiger partial charge in [0.1, 0.15) is 5.78 Å². The number of carbonyl (C=O) groups is 1. The van der Waals surface area contributed by atoms with Crippen LogP contribution in [0.4, 0.5) is 0 Å². The van der Waals surface area contributed by atoms with Gasteiger partial charge in [-0.15, -0.1) is 0 Å². The van der Waals surface area contributed by atoms with E-state index >= 15 is 0 Å². The van der Waals surface area contributed by atoms with Crippen molar-refractivity contribution in [3.05, 3.63) is 35.4 Å². The van der Waals surface area contributed by atoms with E-state index in [1.54, 1.807) is 0 Å². The van der Waals surface area contributed by atoms with E-state index in [1.807, 2.05) is 0 Å². The monoisotopic (exact) mass is 231 g/mol. The van der Waals surface area contributed by atoms with Crippen LogP contribution in [0.25, 0.3) is 0 Å². The molecule has 92 valence electrons. The van der Waals surface area contributed by atoms with Crippen LogP contribution in [0, 0.1) is 0 Å². The zero-order chi connectivity index (χ0) is 12.7. The molecule has 0 spiro atoms. The summed E-state index contributed by atoms with van der Waals surface area (Å²) in [6.07, 6.45) is 1.22. The molecule has 0 aliphatic heterocycles. The van der Waals surface area contributed by atoms with Crippen molar-refractivity contribution in [2.75, 3.05) is 6.54 Å². The van der Waals surface area contributed by atoms with E-state index in [0.29, 0.717) is 25.2 Å². The second-order valence-electron chi connectivity index (χ2n) is 6.20. The van der Waals surface area contributed by atoms with Crippen LogP contribution < -0.4 is 5.73 Å². The fourth-order valence-electron chi connectivity index (χ4n) is 2.49. The first-order valence-corrected chi connectivity index (χ1v) is 6.20. The maximum atomic E-state index is 11.2. The molecule has 0 radical (unpaired) electrons. The lowest BCUT2D eigenvalue weighted by Crippen LogP contribution is -2.47. The van der Waals surface area contributed by atoms with E-state index in [4.69, 9.17) is 5.73 Å². The molecule has 1 aromatic carbocycles. The molecule has 0 amide bonds. The highest BCUT2D eigenvalue weighted by Gasteiger charge is 2.43. The van der Waals surface area contributed by atoms with Gasteiger partial charge in [-0.2, -0.15) is 0 Å². The molecule has 2 heteroatoms. The van der Waals surface area contributed by atoms with Gasteiger partial charge in [0.15, 0.2) is 0 Å². The van der Waals surface area contributed by atoms with E-state index in [1.165, 1.54) is 11.1 Å². The Labute approximate surface area is 103 Å². The van der Waals surface area contributed by atoms with Crippen LogP contribution in [0.1, 0.15) is 44.7 Å². The summed E-state index contributed by atoms with van der Waals surface area (Å²) in [6, 6.07) is 8.60. The first kappa shape index (κ1) is 12.3. The summed E-state index contributed by atoms with van der Waals surface area (Å²) in [5.41, 5.74) is 8.46. The van der Waals surface area contributed by atoms with Crippen molar-refractivity contribution in [3.8, 4) is 0 Å². The molecule has 0 saturated heterocycles. The summed E-state index contributed by atoms with van der Waals surface area (Å²) < 4.78 is 0. The van der Waals surface area contributed by atoms with Crippen LogP contribution in [-0.4, -0.2) is 12.3 Å². The predicted octanol–water partition coefficient (Wildman–Crippen LogP) is 2.54. The van der Waals surface area contributed by atoms with E-state index in [0.717, 1.165) is 0 Å². The lowest BCUT2D eigenvalue weighted by atomic mass is 9.63. The van der Waals surface area contributed by atoms with Crippen LogP contribution in [0.15, 0.2) is 24.3 Å². The highest BCUT2D eigenvalue weighted by molar-refractivity contribution is 5.88. The number of Topliss-reactive ketones (excluding diaryl/α,β-unsaturated/α-hetero) is 1. The van der Waals surface area contributed by atoms with Gasteiger partial charge in [-0.05, 0) is 16.5 Å². The van der Waals surface area contributed by atoms with Crippen LogP contribution in [0.2, 0.25) is 0 Å². The Morgan fingerprint density at radius 2 is 1.71 bits per heavy atom. The quantitative estimate of drug-likeness (QED) is 0.850. The minimum Gasteiger partial charge on any atom is -0.330 e. The second-order valence-corrected chi connectivity index (χ2v) is 6.20. The molecule has 1 saturated carbocycles. The average Bonchev–Trinajstić information content (AvgIpc) is 2.23. The topological polar surface area (TPSA) is 43.1 Å². The minimum atomic E-state index is -0.0759. The zero-order valence-corrected chi connectivity index (χ0v) is 10.9. The molecular formula is C15H21NO. The van der Waals surface area contributed by atoms with Crippen LogP contribution in [0.5, 0.6) is 0 Å². The van der Waals surface area contributed by atoms with E-state index in [2.05, 4.69) is 45.0 Å². The molecule has 17 heavy (non-hydrogen) atoms. The van der Waals surface area contributed by atoms with Gasteiger partial charge in [-0.25, -0.2) is 0 Å². The van der Waals surface area contributed by atoms with Crippen LogP contribution in [0.3, 0.4) is 0 Å². The number of hydrogen-bond donors (Lipinski definition) is 1. The molecule has 2 N–H and O–H groups in total. The number of nitrogens with two attached hydrogens (primary N) is 1. The van der Waals surface area contributed by atoms with E-state index in [9.17, 15) is 4.79 Å². The Morgan fingerprint density at radius 1 is 1.18 bits per heavy atom. The lowest BCUT2D eigenvalue weighted by Gasteiger charge is -2.40. The number of benzene rings is 1. The third kappa shape index (κ3) is 2.14. The SMILES string of the molecule is CC(C)(C)c1ccc(C2(CN)CC(=O)C2)cc1. The smallest absolute Gasteiger partial charge is 0.134 e. The van der Waals surface area contributed by atoms with Gasteiger partial charge in [0, 0.05) is 24.8 Å². The van der Waals surface area contributed by atoms with Gasteiger partial charge in [0.05, 0.1) is 0 Å². The fourth-order valence-corrected chi connectivity index (χ4v) is 2.49. The van der Waals surface area contributed by atoms with Gasteiger partial charge in [-0.1, -0.05) is 45.0 Å². The minimum absolute atomic E-state index is 0.0759. The van der Waals surface area contributed by atoms with Gasteiger partial charge in [-0.3, -0.25) is 4.79 Å².